The third kappa shape index (κ3) is 3.58. The Bertz CT molecular complexity index is 535. The van der Waals surface area contributed by atoms with Crippen LogP contribution < -0.4 is 10.6 Å². The minimum Gasteiger partial charge on any atom is -0.350 e. The predicted octanol–water partition coefficient (Wildman–Crippen LogP) is 3.52. The summed E-state index contributed by atoms with van der Waals surface area (Å²) in [5.41, 5.74) is 8.37. The van der Waals surface area contributed by atoms with Gasteiger partial charge in [-0.05, 0) is 44.0 Å². The second-order valence-electron chi connectivity index (χ2n) is 5.44. The molecule has 0 amide bonds. The first-order valence-corrected chi connectivity index (χ1v) is 7.10. The second-order valence-corrected chi connectivity index (χ2v) is 5.44. The van der Waals surface area contributed by atoms with E-state index in [9.17, 15) is 0 Å². The molecule has 0 saturated carbocycles. The molecule has 106 valence electrons. The first kappa shape index (κ1) is 14.5. The van der Waals surface area contributed by atoms with Crippen molar-refractivity contribution in [1.82, 2.24) is 4.98 Å². The summed E-state index contributed by atoms with van der Waals surface area (Å²) in [4.78, 5) is 6.80. The molecule has 0 radical (unpaired) electrons. The maximum Gasteiger partial charge on any atom is 0.129 e. The Morgan fingerprint density at radius 2 is 1.80 bits per heavy atom. The minimum atomic E-state index is 0.0301. The van der Waals surface area contributed by atoms with Crippen molar-refractivity contribution in [2.24, 2.45) is 5.73 Å². The normalized spacial score (nSPS) is 12.4. The standard InChI is InChI=1S/C17H23N3/c1-13(2)20(12-15-7-5-4-6-8-15)17-11-16(14(3)18)9-10-19-17/h4-11,13-14H,12,18H2,1-3H3. The maximum absolute atomic E-state index is 5.97. The van der Waals surface area contributed by atoms with Crippen LogP contribution in [0.2, 0.25) is 0 Å². The van der Waals surface area contributed by atoms with Gasteiger partial charge in [0, 0.05) is 24.8 Å². The Hall–Kier alpha value is -1.87. The average molecular weight is 269 g/mol. The van der Waals surface area contributed by atoms with Crippen LogP contribution in [0.15, 0.2) is 48.7 Å². The summed E-state index contributed by atoms with van der Waals surface area (Å²) in [6.45, 7) is 7.22. The average Bonchev–Trinajstić information content (AvgIpc) is 2.45. The summed E-state index contributed by atoms with van der Waals surface area (Å²) in [5, 5.41) is 0. The monoisotopic (exact) mass is 269 g/mol. The van der Waals surface area contributed by atoms with Gasteiger partial charge in [0.05, 0.1) is 0 Å². The summed E-state index contributed by atoms with van der Waals surface area (Å²) in [7, 11) is 0. The van der Waals surface area contributed by atoms with Crippen LogP contribution in [0.4, 0.5) is 5.82 Å². The number of nitrogens with zero attached hydrogens (tertiary/aromatic N) is 2. The lowest BCUT2D eigenvalue weighted by Crippen LogP contribution is -2.31. The quantitative estimate of drug-likeness (QED) is 0.903. The van der Waals surface area contributed by atoms with Crippen molar-refractivity contribution < 1.29 is 0 Å². The van der Waals surface area contributed by atoms with Crippen LogP contribution in [0.5, 0.6) is 0 Å². The second kappa shape index (κ2) is 6.53. The van der Waals surface area contributed by atoms with Crippen LogP contribution in [0.25, 0.3) is 0 Å². The lowest BCUT2D eigenvalue weighted by atomic mass is 10.1. The first-order valence-electron chi connectivity index (χ1n) is 7.10. The highest BCUT2D eigenvalue weighted by atomic mass is 15.2. The Morgan fingerprint density at radius 1 is 1.10 bits per heavy atom. The summed E-state index contributed by atoms with van der Waals surface area (Å²) < 4.78 is 0. The fourth-order valence-electron chi connectivity index (χ4n) is 2.18. The Labute approximate surface area is 121 Å². The fraction of sp³-hybridized carbons (Fsp3) is 0.353. The summed E-state index contributed by atoms with van der Waals surface area (Å²) >= 11 is 0. The predicted molar refractivity (Wildman–Crippen MR) is 84.6 cm³/mol. The number of hydrogen-bond donors (Lipinski definition) is 1. The Balaban J connectivity index is 2.27. The van der Waals surface area contributed by atoms with Crippen molar-refractivity contribution in [3.63, 3.8) is 0 Å². The SMILES string of the molecule is CC(N)c1ccnc(N(Cc2ccccc2)C(C)C)c1. The van der Waals surface area contributed by atoms with E-state index >= 15 is 0 Å². The first-order chi connectivity index (χ1) is 9.58. The zero-order valence-corrected chi connectivity index (χ0v) is 12.5. The molecule has 0 spiro atoms. The highest BCUT2D eigenvalue weighted by Gasteiger charge is 2.13. The number of aromatic nitrogens is 1. The third-order valence-electron chi connectivity index (χ3n) is 3.41. The fourth-order valence-corrected chi connectivity index (χ4v) is 2.18. The molecule has 1 aromatic heterocycles. The summed E-state index contributed by atoms with van der Waals surface area (Å²) in [6, 6.07) is 14.9. The summed E-state index contributed by atoms with van der Waals surface area (Å²) in [6.07, 6.45) is 1.84. The molecule has 0 aliphatic heterocycles. The van der Waals surface area contributed by atoms with E-state index in [0.29, 0.717) is 6.04 Å². The van der Waals surface area contributed by atoms with Gasteiger partial charge in [-0.3, -0.25) is 0 Å². The van der Waals surface area contributed by atoms with Gasteiger partial charge in [0.2, 0.25) is 0 Å². The van der Waals surface area contributed by atoms with Crippen LogP contribution >= 0.6 is 0 Å². The van der Waals surface area contributed by atoms with Crippen molar-refractivity contribution in [2.45, 2.75) is 39.4 Å². The van der Waals surface area contributed by atoms with Crippen molar-refractivity contribution in [3.8, 4) is 0 Å². The van der Waals surface area contributed by atoms with Crippen molar-refractivity contribution >= 4 is 5.82 Å². The molecule has 1 aromatic carbocycles. The topological polar surface area (TPSA) is 42.1 Å². The Morgan fingerprint density at radius 3 is 2.40 bits per heavy atom. The maximum atomic E-state index is 5.97. The molecular weight excluding hydrogens is 246 g/mol. The van der Waals surface area contributed by atoms with Crippen LogP contribution in [-0.4, -0.2) is 11.0 Å². The zero-order chi connectivity index (χ0) is 14.5. The summed E-state index contributed by atoms with van der Waals surface area (Å²) in [5.74, 6) is 0.985. The van der Waals surface area contributed by atoms with E-state index in [1.165, 1.54) is 5.56 Å². The van der Waals surface area contributed by atoms with Gasteiger partial charge in [-0.15, -0.1) is 0 Å². The van der Waals surface area contributed by atoms with Crippen molar-refractivity contribution in [3.05, 3.63) is 59.8 Å². The largest absolute Gasteiger partial charge is 0.350 e. The third-order valence-corrected chi connectivity index (χ3v) is 3.41. The molecule has 2 N–H and O–H groups in total. The van der Waals surface area contributed by atoms with E-state index in [2.05, 4.69) is 54.1 Å². The van der Waals surface area contributed by atoms with E-state index in [1.807, 2.05) is 25.3 Å². The number of nitrogens with two attached hydrogens (primary N) is 1. The van der Waals surface area contributed by atoms with E-state index in [0.717, 1.165) is 17.9 Å². The molecule has 20 heavy (non-hydrogen) atoms. The lowest BCUT2D eigenvalue weighted by molar-refractivity contribution is 0.670. The molecule has 0 aliphatic carbocycles. The molecule has 0 saturated heterocycles. The van der Waals surface area contributed by atoms with Crippen LogP contribution in [0.3, 0.4) is 0 Å². The number of anilines is 1. The van der Waals surface area contributed by atoms with Crippen LogP contribution in [0, 0.1) is 0 Å². The zero-order valence-electron chi connectivity index (χ0n) is 12.5. The molecule has 0 aliphatic rings. The molecule has 1 unspecified atom stereocenters. The number of pyridine rings is 1. The van der Waals surface area contributed by atoms with E-state index in [4.69, 9.17) is 5.73 Å². The van der Waals surface area contributed by atoms with Gasteiger partial charge in [-0.1, -0.05) is 30.3 Å². The molecule has 2 rings (SSSR count). The van der Waals surface area contributed by atoms with Gasteiger partial charge in [-0.25, -0.2) is 4.98 Å². The molecule has 1 heterocycles. The van der Waals surface area contributed by atoms with Gasteiger partial charge >= 0.3 is 0 Å². The van der Waals surface area contributed by atoms with Gasteiger partial charge < -0.3 is 10.6 Å². The highest BCUT2D eigenvalue weighted by molar-refractivity contribution is 5.43. The molecule has 3 heteroatoms. The number of hydrogen-bond acceptors (Lipinski definition) is 3. The van der Waals surface area contributed by atoms with E-state index in [-0.39, 0.29) is 6.04 Å². The van der Waals surface area contributed by atoms with Crippen LogP contribution in [0.1, 0.15) is 37.9 Å². The van der Waals surface area contributed by atoms with Crippen LogP contribution in [-0.2, 0) is 6.54 Å². The number of rotatable bonds is 5. The smallest absolute Gasteiger partial charge is 0.129 e. The minimum absolute atomic E-state index is 0.0301. The lowest BCUT2D eigenvalue weighted by Gasteiger charge is -2.28. The molecular formula is C17H23N3. The molecule has 0 bridgehead atoms. The van der Waals surface area contributed by atoms with Crippen molar-refractivity contribution in [2.75, 3.05) is 4.90 Å². The van der Waals surface area contributed by atoms with E-state index < -0.39 is 0 Å². The van der Waals surface area contributed by atoms with Gasteiger partial charge in [0.1, 0.15) is 5.82 Å². The highest BCUT2D eigenvalue weighted by Crippen LogP contribution is 2.21. The van der Waals surface area contributed by atoms with Gasteiger partial charge in [0.25, 0.3) is 0 Å². The van der Waals surface area contributed by atoms with Gasteiger partial charge in [0.15, 0.2) is 0 Å². The van der Waals surface area contributed by atoms with E-state index in [1.54, 1.807) is 0 Å². The van der Waals surface area contributed by atoms with Crippen molar-refractivity contribution in [1.29, 1.82) is 0 Å². The molecule has 0 fully saturated rings. The number of benzene rings is 1. The Kier molecular flexibility index (Phi) is 4.74. The van der Waals surface area contributed by atoms with Gasteiger partial charge in [-0.2, -0.15) is 0 Å². The molecule has 1 atom stereocenters. The molecule has 2 aromatic rings. The molecule has 3 nitrogen and oxygen atoms in total.